The molecule has 0 saturated heterocycles. The number of hydrogen-bond donors (Lipinski definition) is 1. The fraction of sp³-hybridized carbons (Fsp3) is 0.571. The van der Waals surface area contributed by atoms with Gasteiger partial charge in [0.05, 0.1) is 0 Å². The lowest BCUT2D eigenvalue weighted by Gasteiger charge is -2.35. The van der Waals surface area contributed by atoms with Gasteiger partial charge in [0, 0.05) is 11.1 Å². The Balaban J connectivity index is 2.08. The van der Waals surface area contributed by atoms with E-state index < -0.39 is 0 Å². The Morgan fingerprint density at radius 1 is 1.06 bits per heavy atom. The van der Waals surface area contributed by atoms with Crippen LogP contribution in [-0.2, 0) is 6.42 Å². The van der Waals surface area contributed by atoms with Gasteiger partial charge in [-0.2, -0.15) is 0 Å². The fourth-order valence-electron chi connectivity index (χ4n) is 2.73. The van der Waals surface area contributed by atoms with Crippen molar-refractivity contribution in [3.05, 3.63) is 34.3 Å². The Bertz CT molecular complexity index is 325. The van der Waals surface area contributed by atoms with Gasteiger partial charge in [-0.15, -0.1) is 0 Å². The number of benzene rings is 1. The van der Waals surface area contributed by atoms with Crippen molar-refractivity contribution in [1.29, 1.82) is 0 Å². The third kappa shape index (κ3) is 2.86. The quantitative estimate of drug-likeness (QED) is 0.891. The molecule has 1 aliphatic carbocycles. The fourth-order valence-corrected chi connectivity index (χ4v) is 2.99. The van der Waals surface area contributed by atoms with E-state index in [-0.39, 0.29) is 5.41 Å². The Kier molecular flexibility index (Phi) is 4.04. The van der Waals surface area contributed by atoms with Crippen molar-refractivity contribution in [2.24, 2.45) is 5.41 Å². The van der Waals surface area contributed by atoms with E-state index in [4.69, 9.17) is 0 Å². The maximum atomic E-state index is 9.65. The summed E-state index contributed by atoms with van der Waals surface area (Å²) < 4.78 is 1.12. The summed E-state index contributed by atoms with van der Waals surface area (Å²) in [6, 6.07) is 8.50. The summed E-state index contributed by atoms with van der Waals surface area (Å²) in [5, 5.41) is 9.65. The molecule has 1 aromatic carbocycles. The van der Waals surface area contributed by atoms with Gasteiger partial charge in [0.1, 0.15) is 0 Å². The molecule has 1 nitrogen and oxygen atoms in total. The lowest BCUT2D eigenvalue weighted by atomic mass is 9.71. The Morgan fingerprint density at radius 3 is 2.25 bits per heavy atom. The third-order valence-corrected chi connectivity index (χ3v) is 4.27. The van der Waals surface area contributed by atoms with E-state index in [1.165, 1.54) is 37.7 Å². The predicted molar refractivity (Wildman–Crippen MR) is 70.4 cm³/mol. The zero-order valence-electron chi connectivity index (χ0n) is 9.58. The summed E-state index contributed by atoms with van der Waals surface area (Å²) in [6.07, 6.45) is 7.27. The largest absolute Gasteiger partial charge is 0.396 e. The van der Waals surface area contributed by atoms with Crippen LogP contribution in [0.3, 0.4) is 0 Å². The van der Waals surface area contributed by atoms with Crippen molar-refractivity contribution in [3.8, 4) is 0 Å². The molecule has 88 valence electrons. The smallest absolute Gasteiger partial charge is 0.0490 e. The molecular weight excluding hydrogens is 264 g/mol. The lowest BCUT2D eigenvalue weighted by Crippen LogP contribution is -2.30. The monoisotopic (exact) mass is 282 g/mol. The average molecular weight is 283 g/mol. The van der Waals surface area contributed by atoms with Gasteiger partial charge in [0.15, 0.2) is 0 Å². The number of halogens is 1. The molecule has 1 aliphatic rings. The summed E-state index contributed by atoms with van der Waals surface area (Å²) in [5.41, 5.74) is 1.51. The first-order chi connectivity index (χ1) is 7.74. The van der Waals surface area contributed by atoms with Crippen molar-refractivity contribution in [2.45, 2.75) is 38.5 Å². The second-order valence-corrected chi connectivity index (χ2v) is 5.94. The maximum absolute atomic E-state index is 9.65. The van der Waals surface area contributed by atoms with Crippen LogP contribution in [0.5, 0.6) is 0 Å². The molecule has 0 bridgehead atoms. The molecule has 2 rings (SSSR count). The van der Waals surface area contributed by atoms with Gasteiger partial charge in [0.25, 0.3) is 0 Å². The molecule has 16 heavy (non-hydrogen) atoms. The molecular formula is C14H19BrO. The van der Waals surface area contributed by atoms with Crippen LogP contribution >= 0.6 is 15.9 Å². The van der Waals surface area contributed by atoms with Crippen molar-refractivity contribution in [2.75, 3.05) is 6.61 Å². The van der Waals surface area contributed by atoms with Crippen LogP contribution < -0.4 is 0 Å². The third-order valence-electron chi connectivity index (χ3n) is 3.74. The van der Waals surface area contributed by atoms with E-state index in [1.54, 1.807) is 0 Å². The molecule has 0 unspecified atom stereocenters. The van der Waals surface area contributed by atoms with Gasteiger partial charge in [0.2, 0.25) is 0 Å². The molecule has 0 amide bonds. The molecule has 0 aliphatic heterocycles. The van der Waals surface area contributed by atoms with E-state index in [1.807, 2.05) is 0 Å². The Morgan fingerprint density at radius 2 is 1.69 bits per heavy atom. The number of aliphatic hydroxyl groups excluding tert-OH is 1. The number of rotatable bonds is 3. The minimum absolute atomic E-state index is 0.159. The molecule has 0 radical (unpaired) electrons. The highest BCUT2D eigenvalue weighted by molar-refractivity contribution is 9.10. The van der Waals surface area contributed by atoms with Crippen LogP contribution in [0.25, 0.3) is 0 Å². The molecule has 1 saturated carbocycles. The van der Waals surface area contributed by atoms with Crippen molar-refractivity contribution < 1.29 is 5.11 Å². The highest BCUT2D eigenvalue weighted by Crippen LogP contribution is 2.38. The van der Waals surface area contributed by atoms with Crippen LogP contribution in [0, 0.1) is 5.41 Å². The number of aliphatic hydroxyl groups is 1. The van der Waals surface area contributed by atoms with Gasteiger partial charge in [-0.1, -0.05) is 47.3 Å². The molecule has 1 fully saturated rings. The highest BCUT2D eigenvalue weighted by Gasteiger charge is 2.31. The van der Waals surface area contributed by atoms with E-state index in [0.717, 1.165) is 10.9 Å². The topological polar surface area (TPSA) is 20.2 Å². The minimum Gasteiger partial charge on any atom is -0.396 e. The summed E-state index contributed by atoms with van der Waals surface area (Å²) in [5.74, 6) is 0. The van der Waals surface area contributed by atoms with Crippen LogP contribution in [0.4, 0.5) is 0 Å². The van der Waals surface area contributed by atoms with E-state index in [0.29, 0.717) is 6.61 Å². The summed E-state index contributed by atoms with van der Waals surface area (Å²) in [4.78, 5) is 0. The van der Waals surface area contributed by atoms with E-state index in [9.17, 15) is 5.11 Å². The average Bonchev–Trinajstić information content (AvgIpc) is 2.33. The van der Waals surface area contributed by atoms with Crippen molar-refractivity contribution >= 4 is 15.9 Å². The second-order valence-electron chi connectivity index (χ2n) is 5.02. The molecule has 2 heteroatoms. The minimum atomic E-state index is 0.159. The SMILES string of the molecule is OCC1(Cc2ccc(Br)cc2)CCCCC1. The molecule has 0 atom stereocenters. The molecule has 0 spiro atoms. The lowest BCUT2D eigenvalue weighted by molar-refractivity contribution is 0.0823. The van der Waals surface area contributed by atoms with Crippen LogP contribution in [0.1, 0.15) is 37.7 Å². The maximum Gasteiger partial charge on any atom is 0.0490 e. The van der Waals surface area contributed by atoms with Gasteiger partial charge in [-0.05, 0) is 42.4 Å². The zero-order valence-corrected chi connectivity index (χ0v) is 11.2. The molecule has 0 aromatic heterocycles. The highest BCUT2D eigenvalue weighted by atomic mass is 79.9. The van der Waals surface area contributed by atoms with E-state index in [2.05, 4.69) is 40.2 Å². The van der Waals surface area contributed by atoms with E-state index >= 15 is 0 Å². The van der Waals surface area contributed by atoms with Crippen molar-refractivity contribution in [3.63, 3.8) is 0 Å². The first-order valence-electron chi connectivity index (χ1n) is 6.09. The predicted octanol–water partition coefficient (Wildman–Crippen LogP) is 3.93. The zero-order chi connectivity index (χ0) is 11.4. The van der Waals surface area contributed by atoms with Crippen LogP contribution in [-0.4, -0.2) is 11.7 Å². The van der Waals surface area contributed by atoms with Crippen LogP contribution in [0.15, 0.2) is 28.7 Å². The summed E-state index contributed by atoms with van der Waals surface area (Å²) in [7, 11) is 0. The number of hydrogen-bond acceptors (Lipinski definition) is 1. The molecule has 1 aromatic rings. The summed E-state index contributed by atoms with van der Waals surface area (Å²) >= 11 is 3.45. The Hall–Kier alpha value is -0.340. The summed E-state index contributed by atoms with van der Waals surface area (Å²) in [6.45, 7) is 0.336. The first kappa shape index (κ1) is 12.1. The van der Waals surface area contributed by atoms with Gasteiger partial charge in [-0.3, -0.25) is 0 Å². The molecule has 0 heterocycles. The van der Waals surface area contributed by atoms with Gasteiger partial charge in [-0.25, -0.2) is 0 Å². The normalized spacial score (nSPS) is 19.6. The van der Waals surface area contributed by atoms with Gasteiger partial charge >= 0.3 is 0 Å². The molecule has 1 N–H and O–H groups in total. The Labute approximate surface area is 106 Å². The van der Waals surface area contributed by atoms with Gasteiger partial charge < -0.3 is 5.11 Å². The van der Waals surface area contributed by atoms with Crippen LogP contribution in [0.2, 0.25) is 0 Å². The first-order valence-corrected chi connectivity index (χ1v) is 6.89. The second kappa shape index (κ2) is 5.33. The van der Waals surface area contributed by atoms with Crippen molar-refractivity contribution in [1.82, 2.24) is 0 Å². The standard InChI is InChI=1S/C14H19BrO/c15-13-6-4-12(5-7-13)10-14(11-16)8-2-1-3-9-14/h4-7,16H,1-3,8-11H2.